The fourth-order valence-electron chi connectivity index (χ4n) is 3.18. The number of nitrogens with one attached hydrogen (secondary N) is 1. The Morgan fingerprint density at radius 3 is 2.52 bits per heavy atom. The number of aromatic nitrogens is 2. The van der Waals surface area contributed by atoms with Gasteiger partial charge in [-0.15, -0.1) is 0 Å². The van der Waals surface area contributed by atoms with E-state index in [1.165, 1.54) is 28.8 Å². The summed E-state index contributed by atoms with van der Waals surface area (Å²) < 4.78 is 1.47. The third kappa shape index (κ3) is 4.46. The van der Waals surface area contributed by atoms with Crippen molar-refractivity contribution in [1.29, 1.82) is 0 Å². The number of non-ortho nitro benzene ring substituents is 1. The lowest BCUT2D eigenvalue weighted by molar-refractivity contribution is -0.384. The molecule has 2 N–H and O–H groups in total. The van der Waals surface area contributed by atoms with Crippen LogP contribution in [0.25, 0.3) is 11.0 Å². The third-order valence-corrected chi connectivity index (χ3v) is 4.84. The van der Waals surface area contributed by atoms with Crippen molar-refractivity contribution in [2.45, 2.75) is 40.3 Å². The summed E-state index contributed by atoms with van der Waals surface area (Å²) in [5.41, 5.74) is 0.777. The molecule has 0 spiro atoms. The first-order chi connectivity index (χ1) is 14.5. The van der Waals surface area contributed by atoms with Crippen molar-refractivity contribution in [2.75, 3.05) is 5.32 Å². The van der Waals surface area contributed by atoms with Crippen LogP contribution in [0, 0.1) is 15.5 Å². The SMILES string of the molecule is CCC(O)n1c(NC(=O)c2cccc([N+](=O)[O-])c2)nc2cc(C(=O)C(C)(C)C)ccc21. The number of hydrogen-bond acceptors (Lipinski definition) is 6. The second kappa shape index (κ2) is 8.27. The average molecular weight is 424 g/mol. The number of nitro groups is 1. The number of imidazole rings is 1. The smallest absolute Gasteiger partial charge is 0.270 e. The molecule has 3 aromatic rings. The Hall–Kier alpha value is -3.59. The number of fused-ring (bicyclic) bond motifs is 1. The number of nitrogens with zero attached hydrogens (tertiary/aromatic N) is 3. The van der Waals surface area contributed by atoms with Gasteiger partial charge < -0.3 is 5.11 Å². The first-order valence-corrected chi connectivity index (χ1v) is 9.83. The van der Waals surface area contributed by atoms with Crippen LogP contribution in [0.4, 0.5) is 11.6 Å². The predicted molar refractivity (Wildman–Crippen MR) is 116 cm³/mol. The Morgan fingerprint density at radius 1 is 1.19 bits per heavy atom. The Labute approximate surface area is 178 Å². The summed E-state index contributed by atoms with van der Waals surface area (Å²) in [5, 5.41) is 24.1. The van der Waals surface area contributed by atoms with Gasteiger partial charge in [0.1, 0.15) is 6.23 Å². The van der Waals surface area contributed by atoms with Gasteiger partial charge in [0.05, 0.1) is 16.0 Å². The van der Waals surface area contributed by atoms with Gasteiger partial charge in [0.25, 0.3) is 11.6 Å². The maximum atomic E-state index is 12.7. The van der Waals surface area contributed by atoms with Gasteiger partial charge in [-0.3, -0.25) is 29.6 Å². The van der Waals surface area contributed by atoms with E-state index in [0.29, 0.717) is 23.0 Å². The summed E-state index contributed by atoms with van der Waals surface area (Å²) in [7, 11) is 0. The molecule has 0 radical (unpaired) electrons. The molecule has 1 atom stereocenters. The van der Waals surface area contributed by atoms with Crippen LogP contribution < -0.4 is 5.32 Å². The summed E-state index contributed by atoms with van der Waals surface area (Å²) in [5.74, 6) is -0.571. The van der Waals surface area contributed by atoms with Crippen molar-refractivity contribution >= 4 is 34.4 Å². The van der Waals surface area contributed by atoms with Crippen LogP contribution in [0.3, 0.4) is 0 Å². The lowest BCUT2D eigenvalue weighted by Gasteiger charge is -2.17. The van der Waals surface area contributed by atoms with Gasteiger partial charge in [0.2, 0.25) is 5.95 Å². The molecule has 9 heteroatoms. The van der Waals surface area contributed by atoms with Gasteiger partial charge in [-0.2, -0.15) is 0 Å². The zero-order chi connectivity index (χ0) is 22.9. The number of carbonyl (C=O) groups is 2. The van der Waals surface area contributed by atoms with Crippen LogP contribution in [-0.2, 0) is 0 Å². The summed E-state index contributed by atoms with van der Waals surface area (Å²) in [4.78, 5) is 40.2. The molecule has 162 valence electrons. The minimum atomic E-state index is -0.963. The van der Waals surface area contributed by atoms with Gasteiger partial charge >= 0.3 is 0 Å². The molecular formula is C22H24N4O5. The van der Waals surface area contributed by atoms with Gasteiger partial charge in [-0.25, -0.2) is 4.98 Å². The summed E-state index contributed by atoms with van der Waals surface area (Å²) >= 11 is 0. The summed E-state index contributed by atoms with van der Waals surface area (Å²) in [6, 6.07) is 10.3. The number of amides is 1. The average Bonchev–Trinajstić information content (AvgIpc) is 3.08. The first kappa shape index (κ1) is 22.1. The Balaban J connectivity index is 2.04. The number of aliphatic hydroxyl groups is 1. The van der Waals surface area contributed by atoms with Crippen molar-refractivity contribution in [3.05, 3.63) is 63.7 Å². The molecule has 0 aliphatic rings. The molecule has 1 amide bonds. The maximum absolute atomic E-state index is 12.7. The van der Waals surface area contributed by atoms with E-state index in [-0.39, 0.29) is 23.0 Å². The maximum Gasteiger partial charge on any atom is 0.270 e. The van der Waals surface area contributed by atoms with E-state index in [4.69, 9.17) is 0 Å². The molecule has 0 aliphatic carbocycles. The minimum absolute atomic E-state index is 0.0535. The molecule has 31 heavy (non-hydrogen) atoms. The second-order valence-corrected chi connectivity index (χ2v) is 8.24. The van der Waals surface area contributed by atoms with Crippen LogP contribution in [-0.4, -0.2) is 31.3 Å². The monoisotopic (exact) mass is 424 g/mol. The van der Waals surface area contributed by atoms with E-state index < -0.39 is 22.5 Å². The highest BCUT2D eigenvalue weighted by Crippen LogP contribution is 2.29. The molecule has 1 aromatic heterocycles. The second-order valence-electron chi connectivity index (χ2n) is 8.24. The highest BCUT2D eigenvalue weighted by molar-refractivity contribution is 6.05. The van der Waals surface area contributed by atoms with Crippen LogP contribution >= 0.6 is 0 Å². The molecule has 3 rings (SSSR count). The van der Waals surface area contributed by atoms with Crippen molar-refractivity contribution < 1.29 is 19.6 Å². The molecule has 9 nitrogen and oxygen atoms in total. The molecular weight excluding hydrogens is 400 g/mol. The van der Waals surface area contributed by atoms with Crippen LogP contribution in [0.2, 0.25) is 0 Å². The molecule has 1 heterocycles. The Bertz CT molecular complexity index is 1180. The summed E-state index contributed by atoms with van der Waals surface area (Å²) in [6.07, 6.45) is -0.608. The van der Waals surface area contributed by atoms with Crippen molar-refractivity contribution in [3.63, 3.8) is 0 Å². The number of aliphatic hydroxyl groups excluding tert-OH is 1. The van der Waals surface area contributed by atoms with Gasteiger partial charge in [-0.1, -0.05) is 33.8 Å². The number of benzene rings is 2. The number of ketones is 1. The molecule has 2 aromatic carbocycles. The number of carbonyl (C=O) groups excluding carboxylic acids is 2. The molecule has 0 saturated heterocycles. The largest absolute Gasteiger partial charge is 0.373 e. The lowest BCUT2D eigenvalue weighted by Crippen LogP contribution is -2.20. The van der Waals surface area contributed by atoms with E-state index >= 15 is 0 Å². The molecule has 0 saturated carbocycles. The summed E-state index contributed by atoms with van der Waals surface area (Å²) in [6.45, 7) is 7.25. The quantitative estimate of drug-likeness (QED) is 0.344. The van der Waals surface area contributed by atoms with E-state index in [1.54, 1.807) is 25.1 Å². The number of anilines is 1. The Morgan fingerprint density at radius 2 is 1.90 bits per heavy atom. The number of hydrogen-bond donors (Lipinski definition) is 2. The normalized spacial score (nSPS) is 12.5. The van der Waals surface area contributed by atoms with Crippen molar-refractivity contribution in [3.8, 4) is 0 Å². The van der Waals surface area contributed by atoms with E-state index in [1.807, 2.05) is 20.8 Å². The number of Topliss-reactive ketones (excluding diaryl/α,β-unsaturated/α-hetero) is 1. The molecule has 1 unspecified atom stereocenters. The van der Waals surface area contributed by atoms with Crippen LogP contribution in [0.1, 0.15) is 61.1 Å². The predicted octanol–water partition coefficient (Wildman–Crippen LogP) is 4.33. The van der Waals surface area contributed by atoms with Crippen molar-refractivity contribution in [2.24, 2.45) is 5.41 Å². The van der Waals surface area contributed by atoms with Gasteiger partial charge in [0.15, 0.2) is 5.78 Å². The Kier molecular flexibility index (Phi) is 5.90. The zero-order valence-electron chi connectivity index (χ0n) is 17.7. The van der Waals surface area contributed by atoms with Crippen LogP contribution in [0.15, 0.2) is 42.5 Å². The van der Waals surface area contributed by atoms with Gasteiger partial charge in [0, 0.05) is 28.7 Å². The van der Waals surface area contributed by atoms with E-state index in [2.05, 4.69) is 10.3 Å². The highest BCUT2D eigenvalue weighted by Gasteiger charge is 2.25. The minimum Gasteiger partial charge on any atom is -0.373 e. The standard InChI is InChI=1S/C22H24N4O5/c1-5-18(27)25-17-10-9-13(19(28)22(2,3)4)12-16(17)23-21(25)24-20(29)14-7-6-8-15(11-14)26(30)31/h6-12,18,27H,5H2,1-4H3,(H,23,24,29). The number of rotatable bonds is 6. The van der Waals surface area contributed by atoms with Gasteiger partial charge in [-0.05, 0) is 30.7 Å². The molecule has 0 fully saturated rings. The first-order valence-electron chi connectivity index (χ1n) is 9.83. The lowest BCUT2D eigenvalue weighted by atomic mass is 9.86. The van der Waals surface area contributed by atoms with Crippen LogP contribution in [0.5, 0.6) is 0 Å². The zero-order valence-corrected chi connectivity index (χ0v) is 17.7. The fraction of sp³-hybridized carbons (Fsp3) is 0.318. The third-order valence-electron chi connectivity index (χ3n) is 4.84. The molecule has 0 bridgehead atoms. The topological polar surface area (TPSA) is 127 Å². The molecule has 0 aliphatic heterocycles. The fourth-order valence-corrected chi connectivity index (χ4v) is 3.18. The van der Waals surface area contributed by atoms with E-state index in [0.717, 1.165) is 0 Å². The number of nitro benzene ring substituents is 1. The van der Waals surface area contributed by atoms with Crippen molar-refractivity contribution in [1.82, 2.24) is 9.55 Å². The highest BCUT2D eigenvalue weighted by atomic mass is 16.6. The van der Waals surface area contributed by atoms with E-state index in [9.17, 15) is 24.8 Å².